The number of nitrogens with zero attached hydrogens (tertiary/aromatic N) is 2. The van der Waals surface area contributed by atoms with Crippen LogP contribution < -0.4 is 0 Å². The topological polar surface area (TPSA) is 65.7 Å². The Kier molecular flexibility index (Phi) is 7.99. The van der Waals surface area contributed by atoms with Crippen molar-refractivity contribution in [1.29, 1.82) is 0 Å². The summed E-state index contributed by atoms with van der Waals surface area (Å²) in [6, 6.07) is 37.7. The van der Waals surface area contributed by atoms with Gasteiger partial charge >= 0.3 is 0 Å². The van der Waals surface area contributed by atoms with Crippen LogP contribution in [0.3, 0.4) is 0 Å². The van der Waals surface area contributed by atoms with Gasteiger partial charge in [-0.15, -0.1) is 0 Å². The Bertz CT molecular complexity index is 1970. The molecule has 0 amide bonds. The SMILES string of the molecule is CC(C)c1cccc(C(C)C)c1-c1cc(O)c2c(N=Cc3cc(-c4ccccc4)cc(-c4ccccc4O)n3)cccc2c1. The summed E-state index contributed by atoms with van der Waals surface area (Å²) in [6.07, 6.45) is 1.73. The molecule has 0 fully saturated rings. The number of fused-ring (bicyclic) bond motifs is 1. The number of aromatic hydroxyl groups is 2. The number of hydrogen-bond donors (Lipinski definition) is 2. The molecule has 218 valence electrons. The van der Waals surface area contributed by atoms with Gasteiger partial charge in [0.05, 0.1) is 23.3 Å². The highest BCUT2D eigenvalue weighted by molar-refractivity contribution is 6.02. The second-order valence-electron chi connectivity index (χ2n) is 11.8. The molecule has 0 bridgehead atoms. The Morgan fingerprint density at radius 3 is 2.00 bits per heavy atom. The highest BCUT2D eigenvalue weighted by atomic mass is 16.3. The summed E-state index contributed by atoms with van der Waals surface area (Å²) in [5.74, 6) is 1.06. The van der Waals surface area contributed by atoms with Gasteiger partial charge in [0, 0.05) is 10.9 Å². The van der Waals surface area contributed by atoms with Crippen molar-refractivity contribution in [2.75, 3.05) is 0 Å². The highest BCUT2D eigenvalue weighted by Crippen LogP contribution is 2.42. The maximum atomic E-state index is 11.4. The smallest absolute Gasteiger partial charge is 0.126 e. The van der Waals surface area contributed by atoms with Gasteiger partial charge in [0.15, 0.2) is 0 Å². The van der Waals surface area contributed by atoms with E-state index < -0.39 is 0 Å². The first kappa shape index (κ1) is 28.9. The molecule has 0 unspecified atom stereocenters. The van der Waals surface area contributed by atoms with E-state index in [0.717, 1.165) is 22.1 Å². The van der Waals surface area contributed by atoms with Crippen molar-refractivity contribution >= 4 is 22.7 Å². The van der Waals surface area contributed by atoms with Gasteiger partial charge in [-0.3, -0.25) is 4.99 Å². The molecule has 44 heavy (non-hydrogen) atoms. The molecule has 4 heteroatoms. The van der Waals surface area contributed by atoms with E-state index in [4.69, 9.17) is 9.98 Å². The predicted octanol–water partition coefficient (Wildman–Crippen LogP) is 10.6. The van der Waals surface area contributed by atoms with Gasteiger partial charge in [-0.25, -0.2) is 4.98 Å². The van der Waals surface area contributed by atoms with Gasteiger partial charge in [-0.2, -0.15) is 0 Å². The zero-order chi connectivity index (χ0) is 30.8. The van der Waals surface area contributed by atoms with Gasteiger partial charge in [-0.1, -0.05) is 100 Å². The van der Waals surface area contributed by atoms with Crippen molar-refractivity contribution < 1.29 is 10.2 Å². The summed E-state index contributed by atoms with van der Waals surface area (Å²) in [5.41, 5.74) is 9.36. The van der Waals surface area contributed by atoms with Crippen molar-refractivity contribution in [1.82, 2.24) is 4.98 Å². The van der Waals surface area contributed by atoms with Crippen molar-refractivity contribution in [3.05, 3.63) is 132 Å². The van der Waals surface area contributed by atoms with Crippen LogP contribution in [0.25, 0.3) is 44.3 Å². The summed E-state index contributed by atoms with van der Waals surface area (Å²) in [4.78, 5) is 9.68. The van der Waals surface area contributed by atoms with Crippen molar-refractivity contribution in [3.63, 3.8) is 0 Å². The molecule has 0 aliphatic carbocycles. The molecule has 5 aromatic carbocycles. The predicted molar refractivity (Wildman–Crippen MR) is 183 cm³/mol. The molecule has 0 aliphatic heterocycles. The molecule has 1 heterocycles. The molecule has 6 aromatic rings. The van der Waals surface area contributed by atoms with Gasteiger partial charge in [0.25, 0.3) is 0 Å². The third-order valence-corrected chi connectivity index (χ3v) is 8.06. The minimum atomic E-state index is 0.169. The number of aliphatic imine (C=N–C) groups is 1. The number of benzene rings is 5. The van der Waals surface area contributed by atoms with Gasteiger partial charge in [-0.05, 0) is 93.1 Å². The fraction of sp³-hybridized carbons (Fsp3) is 0.150. The van der Waals surface area contributed by atoms with Crippen LogP contribution in [0.5, 0.6) is 11.5 Å². The second kappa shape index (κ2) is 12.2. The van der Waals surface area contributed by atoms with Crippen LogP contribution in [0.4, 0.5) is 5.69 Å². The molecule has 0 radical (unpaired) electrons. The van der Waals surface area contributed by atoms with E-state index in [1.165, 1.54) is 16.7 Å². The van der Waals surface area contributed by atoms with Crippen LogP contribution in [0.2, 0.25) is 0 Å². The second-order valence-corrected chi connectivity index (χ2v) is 11.8. The quantitative estimate of drug-likeness (QED) is 0.186. The molecule has 1 aromatic heterocycles. The molecule has 4 nitrogen and oxygen atoms in total. The third-order valence-electron chi connectivity index (χ3n) is 8.06. The van der Waals surface area contributed by atoms with Crippen LogP contribution in [-0.4, -0.2) is 21.4 Å². The minimum Gasteiger partial charge on any atom is -0.507 e. The normalized spacial score (nSPS) is 11.7. The van der Waals surface area contributed by atoms with Gasteiger partial charge < -0.3 is 10.2 Å². The Morgan fingerprint density at radius 2 is 1.30 bits per heavy atom. The van der Waals surface area contributed by atoms with E-state index in [1.54, 1.807) is 18.3 Å². The molecular weight excluding hydrogens is 540 g/mol. The first-order valence-electron chi connectivity index (χ1n) is 15.1. The molecule has 2 N–H and O–H groups in total. The number of pyridine rings is 1. The monoisotopic (exact) mass is 576 g/mol. The largest absolute Gasteiger partial charge is 0.507 e. The number of para-hydroxylation sites is 1. The Labute approximate surface area is 259 Å². The van der Waals surface area contributed by atoms with E-state index in [2.05, 4.69) is 52.0 Å². The Morgan fingerprint density at radius 1 is 0.614 bits per heavy atom. The highest BCUT2D eigenvalue weighted by Gasteiger charge is 2.18. The number of rotatable bonds is 7. The van der Waals surface area contributed by atoms with Gasteiger partial charge in [0.2, 0.25) is 0 Å². The van der Waals surface area contributed by atoms with E-state index in [1.807, 2.05) is 78.9 Å². The summed E-state index contributed by atoms with van der Waals surface area (Å²) in [5, 5.41) is 23.6. The third kappa shape index (κ3) is 5.71. The maximum Gasteiger partial charge on any atom is 0.126 e. The van der Waals surface area contributed by atoms with Crippen LogP contribution in [0, 0.1) is 0 Å². The summed E-state index contributed by atoms with van der Waals surface area (Å²) >= 11 is 0. The summed E-state index contributed by atoms with van der Waals surface area (Å²) in [7, 11) is 0. The lowest BCUT2D eigenvalue weighted by molar-refractivity contribution is 0.477. The van der Waals surface area contributed by atoms with Crippen LogP contribution in [0.15, 0.2) is 120 Å². The van der Waals surface area contributed by atoms with Crippen LogP contribution >= 0.6 is 0 Å². The first-order valence-corrected chi connectivity index (χ1v) is 15.1. The molecule has 0 saturated carbocycles. The molecule has 6 rings (SSSR count). The van der Waals surface area contributed by atoms with Crippen molar-refractivity contribution in [2.45, 2.75) is 39.5 Å². The zero-order valence-electron chi connectivity index (χ0n) is 25.5. The fourth-order valence-corrected chi connectivity index (χ4v) is 5.90. The first-order chi connectivity index (χ1) is 21.3. The average molecular weight is 577 g/mol. The lowest BCUT2D eigenvalue weighted by Crippen LogP contribution is -1.99. The molecule has 0 spiro atoms. The standard InChI is InChI=1S/C40H36N2O2/c1-25(2)32-16-11-17-33(26(3)4)39(32)30-20-28-14-10-18-35(40(28)38(44)23-30)41-24-31-21-29(27-12-6-5-7-13-27)22-36(42-31)34-15-8-9-19-37(34)43/h5-26,43-44H,1-4H3. The van der Waals surface area contributed by atoms with E-state index in [9.17, 15) is 10.2 Å². The van der Waals surface area contributed by atoms with E-state index in [0.29, 0.717) is 39.9 Å². The van der Waals surface area contributed by atoms with E-state index >= 15 is 0 Å². The van der Waals surface area contributed by atoms with E-state index in [-0.39, 0.29) is 11.5 Å². The summed E-state index contributed by atoms with van der Waals surface area (Å²) in [6.45, 7) is 8.84. The average Bonchev–Trinajstić information content (AvgIpc) is 3.03. The minimum absolute atomic E-state index is 0.169. The molecule has 0 aliphatic rings. The number of hydrogen-bond acceptors (Lipinski definition) is 4. The fourth-order valence-electron chi connectivity index (χ4n) is 5.90. The molecule has 0 atom stereocenters. The lowest BCUT2D eigenvalue weighted by Gasteiger charge is -2.20. The Hall–Kier alpha value is -5.22. The number of aromatic nitrogens is 1. The Balaban J connectivity index is 1.46. The van der Waals surface area contributed by atoms with Crippen molar-refractivity contribution in [3.8, 4) is 45.0 Å². The number of phenols is 2. The summed E-state index contributed by atoms with van der Waals surface area (Å²) < 4.78 is 0. The van der Waals surface area contributed by atoms with Crippen molar-refractivity contribution in [2.24, 2.45) is 4.99 Å². The lowest BCUT2D eigenvalue weighted by atomic mass is 9.84. The number of phenolic OH excluding ortho intramolecular Hbond substituents is 2. The van der Waals surface area contributed by atoms with Gasteiger partial charge in [0.1, 0.15) is 11.5 Å². The zero-order valence-corrected chi connectivity index (χ0v) is 25.5. The maximum absolute atomic E-state index is 11.4. The molecular formula is C40H36N2O2. The molecule has 0 saturated heterocycles. The van der Waals surface area contributed by atoms with Crippen LogP contribution in [0.1, 0.15) is 56.4 Å². The van der Waals surface area contributed by atoms with Crippen LogP contribution in [-0.2, 0) is 0 Å².